The molecule has 180 valence electrons. The number of hydrogen-bond donors (Lipinski definition) is 3. The van der Waals surface area contributed by atoms with Crippen LogP contribution in [-0.2, 0) is 24.1 Å². The van der Waals surface area contributed by atoms with Gasteiger partial charge in [0.05, 0.1) is 24.5 Å². The van der Waals surface area contributed by atoms with Crippen molar-refractivity contribution in [3.8, 4) is 0 Å². The normalized spacial score (nSPS) is 16.7. The molecule has 0 radical (unpaired) electrons. The molecule has 10 nitrogen and oxygen atoms in total. The number of aliphatic hydroxyl groups is 1. The molecular weight excluding hydrogens is 453 g/mol. The first kappa shape index (κ1) is 23.4. The molecule has 0 fully saturated rings. The van der Waals surface area contributed by atoms with Crippen LogP contribution in [-0.4, -0.2) is 54.9 Å². The molecule has 0 aliphatic carbocycles. The molecule has 13 heteroatoms. The van der Waals surface area contributed by atoms with Gasteiger partial charge < -0.3 is 20.6 Å². The van der Waals surface area contributed by atoms with Crippen LogP contribution in [0.3, 0.4) is 0 Å². The van der Waals surface area contributed by atoms with E-state index in [9.17, 15) is 23.1 Å². The standard InChI is InChI=1S/C21H23F3N8O2/c1-11-16-18(31(3)17(12(2)33)19(34)29-16)30-20(28-11)26-7-14-8-27-32(10-14)9-13-4-5-15(25-6-13)21(22,23)24/h4-6,8,10,12,17,33H,7,9H2,1-3H3,(H,29,34)(H,26,28,30)/t12?,17-/m0/s1. The molecule has 0 bridgehead atoms. The number of carbonyl (C=O) groups is 1. The van der Waals surface area contributed by atoms with Crippen LogP contribution in [0.5, 0.6) is 0 Å². The SMILES string of the molecule is Cc1nc(NCc2cnn(Cc3ccc(C(F)(F)F)nc3)c2)nc2c1NC(=O)[C@H](C(C)O)N2C. The maximum atomic E-state index is 12.7. The molecule has 1 aliphatic heterocycles. The number of alkyl halides is 3. The van der Waals surface area contributed by atoms with Gasteiger partial charge in [-0.05, 0) is 25.5 Å². The summed E-state index contributed by atoms with van der Waals surface area (Å²) in [6.45, 7) is 3.90. The fourth-order valence-electron chi connectivity index (χ4n) is 3.72. The van der Waals surface area contributed by atoms with Crippen LogP contribution in [0.15, 0.2) is 30.7 Å². The van der Waals surface area contributed by atoms with Gasteiger partial charge in [0.1, 0.15) is 17.4 Å². The fraction of sp³-hybridized carbons (Fsp3) is 0.381. The summed E-state index contributed by atoms with van der Waals surface area (Å²) in [5.74, 6) is 0.502. The van der Waals surface area contributed by atoms with Crippen molar-refractivity contribution in [1.29, 1.82) is 0 Å². The van der Waals surface area contributed by atoms with Crippen LogP contribution in [0.2, 0.25) is 0 Å². The van der Waals surface area contributed by atoms with E-state index in [1.807, 2.05) is 0 Å². The number of pyridine rings is 1. The molecule has 3 aromatic heterocycles. The Labute approximate surface area is 192 Å². The summed E-state index contributed by atoms with van der Waals surface area (Å²) in [6.07, 6.45) is -0.799. The number of fused-ring (bicyclic) bond motifs is 1. The summed E-state index contributed by atoms with van der Waals surface area (Å²) in [6, 6.07) is 1.54. The van der Waals surface area contributed by atoms with Gasteiger partial charge in [-0.15, -0.1) is 0 Å². The van der Waals surface area contributed by atoms with Gasteiger partial charge in [0.15, 0.2) is 5.82 Å². The van der Waals surface area contributed by atoms with Crippen molar-refractivity contribution in [1.82, 2.24) is 24.7 Å². The zero-order valence-corrected chi connectivity index (χ0v) is 18.6. The number of carbonyl (C=O) groups excluding carboxylic acids is 1. The predicted octanol–water partition coefficient (Wildman–Crippen LogP) is 2.19. The lowest BCUT2D eigenvalue weighted by Crippen LogP contribution is -2.52. The van der Waals surface area contributed by atoms with Crippen molar-refractivity contribution >= 4 is 23.4 Å². The van der Waals surface area contributed by atoms with Gasteiger partial charge in [-0.3, -0.25) is 14.5 Å². The quantitative estimate of drug-likeness (QED) is 0.495. The van der Waals surface area contributed by atoms with E-state index in [1.165, 1.54) is 19.2 Å². The first-order valence-electron chi connectivity index (χ1n) is 10.4. The lowest BCUT2D eigenvalue weighted by atomic mass is 10.1. The van der Waals surface area contributed by atoms with E-state index in [0.717, 1.165) is 11.6 Å². The van der Waals surface area contributed by atoms with Crippen molar-refractivity contribution in [2.24, 2.45) is 0 Å². The third-order valence-corrected chi connectivity index (χ3v) is 5.39. The third kappa shape index (κ3) is 4.78. The van der Waals surface area contributed by atoms with Crippen LogP contribution >= 0.6 is 0 Å². The number of aromatic nitrogens is 5. The van der Waals surface area contributed by atoms with Gasteiger partial charge in [-0.1, -0.05) is 6.07 Å². The average Bonchev–Trinajstić information content (AvgIpc) is 3.20. The van der Waals surface area contributed by atoms with Crippen molar-refractivity contribution in [3.05, 3.63) is 53.2 Å². The summed E-state index contributed by atoms with van der Waals surface area (Å²) in [5.41, 5.74) is 1.52. The zero-order valence-electron chi connectivity index (χ0n) is 18.6. The van der Waals surface area contributed by atoms with Crippen molar-refractivity contribution in [2.45, 2.75) is 45.3 Å². The van der Waals surface area contributed by atoms with Crippen molar-refractivity contribution < 1.29 is 23.1 Å². The van der Waals surface area contributed by atoms with Gasteiger partial charge >= 0.3 is 6.18 Å². The largest absolute Gasteiger partial charge is 0.433 e. The smallest absolute Gasteiger partial charge is 0.391 e. The van der Waals surface area contributed by atoms with Gasteiger partial charge in [-0.25, -0.2) is 4.98 Å². The second-order valence-electron chi connectivity index (χ2n) is 8.07. The summed E-state index contributed by atoms with van der Waals surface area (Å²) in [4.78, 5) is 26.3. The minimum absolute atomic E-state index is 0.269. The highest BCUT2D eigenvalue weighted by molar-refractivity contribution is 6.03. The number of likely N-dealkylation sites (N-methyl/N-ethyl adjacent to an activating group) is 1. The minimum atomic E-state index is -4.47. The number of rotatable bonds is 6. The van der Waals surface area contributed by atoms with Gasteiger partial charge in [0.25, 0.3) is 0 Å². The molecule has 0 spiro atoms. The Morgan fingerprint density at radius 1 is 1.24 bits per heavy atom. The van der Waals surface area contributed by atoms with Gasteiger partial charge in [0, 0.05) is 31.5 Å². The number of nitrogens with zero attached hydrogens (tertiary/aromatic N) is 6. The number of aliphatic hydroxyl groups excluding tert-OH is 1. The van der Waals surface area contributed by atoms with Crippen LogP contribution in [0.4, 0.5) is 30.6 Å². The highest BCUT2D eigenvalue weighted by atomic mass is 19.4. The number of anilines is 3. The van der Waals surface area contributed by atoms with Gasteiger partial charge in [-0.2, -0.15) is 23.3 Å². The molecule has 1 amide bonds. The Balaban J connectivity index is 1.43. The lowest BCUT2D eigenvalue weighted by Gasteiger charge is -2.36. The zero-order chi connectivity index (χ0) is 24.6. The molecule has 0 saturated carbocycles. The summed E-state index contributed by atoms with van der Waals surface area (Å²) >= 11 is 0. The highest BCUT2D eigenvalue weighted by Crippen LogP contribution is 2.33. The monoisotopic (exact) mass is 476 g/mol. The van der Waals surface area contributed by atoms with E-state index in [2.05, 4.69) is 30.7 Å². The summed E-state index contributed by atoms with van der Waals surface area (Å²) in [5, 5.41) is 20.1. The first-order valence-corrected chi connectivity index (χ1v) is 10.4. The maximum absolute atomic E-state index is 12.7. The number of amides is 1. The predicted molar refractivity (Wildman–Crippen MR) is 117 cm³/mol. The second-order valence-corrected chi connectivity index (χ2v) is 8.07. The Morgan fingerprint density at radius 3 is 2.65 bits per heavy atom. The maximum Gasteiger partial charge on any atom is 0.433 e. The minimum Gasteiger partial charge on any atom is -0.391 e. The second kappa shape index (κ2) is 8.89. The molecule has 3 N–H and O–H groups in total. The molecule has 0 aromatic carbocycles. The van der Waals surface area contributed by atoms with Crippen LogP contribution in [0.25, 0.3) is 0 Å². The number of hydrogen-bond acceptors (Lipinski definition) is 8. The van der Waals surface area contributed by atoms with E-state index in [-0.39, 0.29) is 12.5 Å². The molecular formula is C21H23F3N8O2. The molecule has 4 heterocycles. The van der Waals surface area contributed by atoms with Gasteiger partial charge in [0.2, 0.25) is 11.9 Å². The average molecular weight is 476 g/mol. The van der Waals surface area contributed by atoms with Crippen LogP contribution in [0, 0.1) is 6.92 Å². The van der Waals surface area contributed by atoms with Crippen molar-refractivity contribution in [2.75, 3.05) is 22.6 Å². The summed E-state index contributed by atoms with van der Waals surface area (Å²) in [7, 11) is 1.69. The fourth-order valence-corrected chi connectivity index (χ4v) is 3.72. The first-order chi connectivity index (χ1) is 16.0. The molecule has 34 heavy (non-hydrogen) atoms. The summed E-state index contributed by atoms with van der Waals surface area (Å²) < 4.78 is 39.6. The van der Waals surface area contributed by atoms with E-state index < -0.39 is 24.0 Å². The van der Waals surface area contributed by atoms with Crippen LogP contribution in [0.1, 0.15) is 29.4 Å². The van der Waals surface area contributed by atoms with Crippen LogP contribution < -0.4 is 15.5 Å². The molecule has 3 aromatic rings. The number of halogens is 3. The van der Waals surface area contributed by atoms with E-state index in [4.69, 9.17) is 0 Å². The number of aryl methyl sites for hydroxylation is 1. The van der Waals surface area contributed by atoms with E-state index in [1.54, 1.807) is 35.9 Å². The Kier molecular flexibility index (Phi) is 6.13. The Hall–Kier alpha value is -3.74. The third-order valence-electron chi connectivity index (χ3n) is 5.39. The molecule has 2 atom stereocenters. The molecule has 1 unspecified atom stereocenters. The Morgan fingerprint density at radius 2 is 2.00 bits per heavy atom. The molecule has 0 saturated heterocycles. The molecule has 4 rings (SSSR count). The number of nitrogens with one attached hydrogen (secondary N) is 2. The highest BCUT2D eigenvalue weighted by Gasteiger charge is 2.36. The topological polar surface area (TPSA) is 121 Å². The Bertz CT molecular complexity index is 1190. The van der Waals surface area contributed by atoms with E-state index in [0.29, 0.717) is 35.3 Å². The van der Waals surface area contributed by atoms with Crippen molar-refractivity contribution in [3.63, 3.8) is 0 Å². The van der Waals surface area contributed by atoms with E-state index >= 15 is 0 Å². The lowest BCUT2D eigenvalue weighted by molar-refractivity contribution is -0.141. The molecule has 1 aliphatic rings.